The van der Waals surface area contributed by atoms with E-state index in [-0.39, 0.29) is 17.9 Å². The zero-order valence-electron chi connectivity index (χ0n) is 11.2. The van der Waals surface area contributed by atoms with E-state index < -0.39 is 0 Å². The van der Waals surface area contributed by atoms with Crippen molar-refractivity contribution >= 4 is 11.9 Å². The molecule has 1 amide bonds. The minimum absolute atomic E-state index is 0.0416. The molecule has 98 valence electrons. The van der Waals surface area contributed by atoms with Gasteiger partial charge in [-0.25, -0.2) is 4.79 Å². The van der Waals surface area contributed by atoms with Gasteiger partial charge in [-0.1, -0.05) is 0 Å². The van der Waals surface area contributed by atoms with Crippen LogP contribution < -0.4 is 5.32 Å². The smallest absolute Gasteiger partial charge is 0.355 e. The lowest BCUT2D eigenvalue weighted by Gasteiger charge is -2.20. The van der Waals surface area contributed by atoms with E-state index in [0.29, 0.717) is 24.3 Å². The van der Waals surface area contributed by atoms with E-state index in [1.807, 2.05) is 13.8 Å². The summed E-state index contributed by atoms with van der Waals surface area (Å²) in [6, 6.07) is 0.0416. The third kappa shape index (κ3) is 1.79. The second-order valence-corrected chi connectivity index (χ2v) is 4.65. The van der Waals surface area contributed by atoms with Crippen molar-refractivity contribution in [1.29, 1.82) is 0 Å². The molecule has 0 saturated carbocycles. The van der Waals surface area contributed by atoms with Gasteiger partial charge in [0.1, 0.15) is 5.69 Å². The second-order valence-electron chi connectivity index (χ2n) is 4.65. The minimum atomic E-state index is -0.355. The number of hydrogen-bond donors (Lipinski definition) is 1. The molecule has 0 fully saturated rings. The predicted octanol–water partition coefficient (Wildman–Crippen LogP) is 1.18. The molecular weight excluding hydrogens is 232 g/mol. The quantitative estimate of drug-likeness (QED) is 0.802. The zero-order valence-corrected chi connectivity index (χ0v) is 11.2. The van der Waals surface area contributed by atoms with E-state index in [1.165, 1.54) is 0 Å². The summed E-state index contributed by atoms with van der Waals surface area (Å²) in [6.45, 7) is 5.88. The van der Waals surface area contributed by atoms with Crippen molar-refractivity contribution in [3.8, 4) is 0 Å². The Labute approximate surface area is 106 Å². The first-order valence-electron chi connectivity index (χ1n) is 6.13. The maximum absolute atomic E-state index is 12.0. The number of nitrogens with one attached hydrogen (secondary N) is 1. The molecule has 1 atom stereocenters. The number of carbonyl (C=O) groups is 2. The monoisotopic (exact) mass is 250 g/mol. The first-order valence-corrected chi connectivity index (χ1v) is 6.13. The molecule has 0 aliphatic carbocycles. The van der Waals surface area contributed by atoms with Crippen molar-refractivity contribution in [3.63, 3.8) is 0 Å². The molecule has 18 heavy (non-hydrogen) atoms. The van der Waals surface area contributed by atoms with Crippen LogP contribution in [-0.4, -0.2) is 29.1 Å². The average Bonchev–Trinajstić information content (AvgIpc) is 2.51. The fraction of sp³-hybridized carbons (Fsp3) is 0.538. The number of rotatable bonds is 2. The lowest BCUT2D eigenvalue weighted by molar-refractivity contribution is 0.0513. The molecule has 0 saturated heterocycles. The fourth-order valence-corrected chi connectivity index (χ4v) is 2.49. The van der Waals surface area contributed by atoms with Crippen molar-refractivity contribution in [1.82, 2.24) is 9.88 Å². The topological polar surface area (TPSA) is 60.3 Å². The Morgan fingerprint density at radius 2 is 2.22 bits per heavy atom. The summed E-state index contributed by atoms with van der Waals surface area (Å²) in [6.07, 6.45) is 0.664. The normalized spacial score (nSPS) is 18.2. The summed E-state index contributed by atoms with van der Waals surface area (Å²) >= 11 is 0. The molecule has 0 unspecified atom stereocenters. The molecule has 2 heterocycles. The summed E-state index contributed by atoms with van der Waals surface area (Å²) in [5, 5.41) is 2.88. The maximum atomic E-state index is 12.0. The van der Waals surface area contributed by atoms with Gasteiger partial charge in [0.15, 0.2) is 0 Å². The summed E-state index contributed by atoms with van der Waals surface area (Å²) in [4.78, 5) is 24.0. The lowest BCUT2D eigenvalue weighted by Crippen LogP contribution is -2.39. The maximum Gasteiger partial charge on any atom is 0.355 e. The molecule has 1 aliphatic heterocycles. The van der Waals surface area contributed by atoms with Crippen LogP contribution in [0.5, 0.6) is 0 Å². The number of fused-ring (bicyclic) bond motifs is 1. The first-order chi connectivity index (χ1) is 8.47. The molecule has 0 spiro atoms. The highest BCUT2D eigenvalue weighted by atomic mass is 16.5. The highest BCUT2D eigenvalue weighted by Crippen LogP contribution is 2.27. The van der Waals surface area contributed by atoms with E-state index in [1.54, 1.807) is 18.5 Å². The van der Waals surface area contributed by atoms with E-state index in [0.717, 1.165) is 11.3 Å². The van der Waals surface area contributed by atoms with Gasteiger partial charge >= 0.3 is 5.97 Å². The van der Waals surface area contributed by atoms with Gasteiger partial charge in [0.25, 0.3) is 5.91 Å². The van der Waals surface area contributed by atoms with Crippen LogP contribution in [0.4, 0.5) is 0 Å². The van der Waals surface area contributed by atoms with Crippen LogP contribution in [0, 0.1) is 6.92 Å². The Kier molecular flexibility index (Phi) is 3.15. The third-order valence-corrected chi connectivity index (χ3v) is 3.37. The van der Waals surface area contributed by atoms with E-state index in [2.05, 4.69) is 5.32 Å². The van der Waals surface area contributed by atoms with Crippen molar-refractivity contribution in [2.24, 2.45) is 7.05 Å². The Balaban J connectivity index is 2.58. The largest absolute Gasteiger partial charge is 0.461 e. The molecule has 1 aromatic heterocycles. The lowest BCUT2D eigenvalue weighted by atomic mass is 9.96. The van der Waals surface area contributed by atoms with Gasteiger partial charge in [0.2, 0.25) is 0 Å². The Bertz CT molecular complexity index is 517. The minimum Gasteiger partial charge on any atom is -0.461 e. The molecule has 5 nitrogen and oxygen atoms in total. The molecule has 5 heteroatoms. The number of aromatic nitrogens is 1. The van der Waals surface area contributed by atoms with E-state index in [4.69, 9.17) is 4.74 Å². The van der Waals surface area contributed by atoms with Crippen molar-refractivity contribution < 1.29 is 14.3 Å². The van der Waals surface area contributed by atoms with Crippen LogP contribution in [-0.2, 0) is 18.2 Å². The molecule has 0 bridgehead atoms. The average molecular weight is 250 g/mol. The molecule has 0 aromatic carbocycles. The molecule has 1 aromatic rings. The number of ether oxygens (including phenoxy) is 1. The van der Waals surface area contributed by atoms with E-state index in [9.17, 15) is 9.59 Å². The number of amides is 1. The molecule has 0 radical (unpaired) electrons. The van der Waals surface area contributed by atoms with Gasteiger partial charge in [-0.05, 0) is 32.8 Å². The first kappa shape index (κ1) is 12.7. The highest BCUT2D eigenvalue weighted by molar-refractivity contribution is 6.02. The predicted molar refractivity (Wildman–Crippen MR) is 66.7 cm³/mol. The SMILES string of the molecule is CCOC(=O)c1c2c(c(C)n1C)C(=O)N[C@@H](C)C2. The highest BCUT2D eigenvalue weighted by Gasteiger charge is 2.32. The molecule has 2 rings (SSSR count). The Morgan fingerprint density at radius 1 is 1.56 bits per heavy atom. The van der Waals surface area contributed by atoms with E-state index >= 15 is 0 Å². The van der Waals surface area contributed by atoms with Crippen LogP contribution in [0.3, 0.4) is 0 Å². The van der Waals surface area contributed by atoms with Gasteiger partial charge in [0, 0.05) is 18.8 Å². The van der Waals surface area contributed by atoms with Crippen LogP contribution in [0.15, 0.2) is 0 Å². The van der Waals surface area contributed by atoms with Gasteiger partial charge < -0.3 is 14.6 Å². The standard InChI is InChI=1S/C13H18N2O3/c1-5-18-13(17)11-9-6-7(2)14-12(16)10(9)8(3)15(11)4/h7H,5-6H2,1-4H3,(H,14,16)/t7-/m0/s1. The number of esters is 1. The summed E-state index contributed by atoms with van der Waals surface area (Å²) in [5.74, 6) is -0.460. The van der Waals surface area contributed by atoms with Crippen molar-refractivity contribution in [2.45, 2.75) is 33.2 Å². The van der Waals surface area contributed by atoms with Gasteiger partial charge in [0.05, 0.1) is 12.2 Å². The van der Waals surface area contributed by atoms with Gasteiger partial charge in [-0.2, -0.15) is 0 Å². The van der Waals surface area contributed by atoms with Gasteiger partial charge in [-0.15, -0.1) is 0 Å². The van der Waals surface area contributed by atoms with Crippen LogP contribution in [0.25, 0.3) is 0 Å². The zero-order chi connectivity index (χ0) is 13.4. The number of carbonyl (C=O) groups excluding carboxylic acids is 2. The summed E-state index contributed by atoms with van der Waals surface area (Å²) in [7, 11) is 1.79. The molecular formula is C13H18N2O3. The Hall–Kier alpha value is -1.78. The van der Waals surface area contributed by atoms with Crippen molar-refractivity contribution in [3.05, 3.63) is 22.5 Å². The summed E-state index contributed by atoms with van der Waals surface area (Å²) < 4.78 is 6.82. The Morgan fingerprint density at radius 3 is 2.83 bits per heavy atom. The van der Waals surface area contributed by atoms with Crippen LogP contribution >= 0.6 is 0 Å². The fourth-order valence-electron chi connectivity index (χ4n) is 2.49. The molecule has 1 N–H and O–H groups in total. The second kappa shape index (κ2) is 4.48. The van der Waals surface area contributed by atoms with Crippen molar-refractivity contribution in [2.75, 3.05) is 6.61 Å². The number of nitrogens with zero attached hydrogens (tertiary/aromatic N) is 1. The third-order valence-electron chi connectivity index (χ3n) is 3.37. The van der Waals surface area contributed by atoms with Crippen LogP contribution in [0.2, 0.25) is 0 Å². The van der Waals surface area contributed by atoms with Gasteiger partial charge in [-0.3, -0.25) is 4.79 Å². The molecule has 1 aliphatic rings. The number of hydrogen-bond acceptors (Lipinski definition) is 3. The van der Waals surface area contributed by atoms with Crippen LogP contribution in [0.1, 0.15) is 46.0 Å². The summed E-state index contributed by atoms with van der Waals surface area (Å²) in [5.41, 5.74) is 2.74.